The van der Waals surface area contributed by atoms with Crippen LogP contribution in [-0.4, -0.2) is 39.2 Å². The Labute approximate surface area is 94.5 Å². The van der Waals surface area contributed by atoms with Gasteiger partial charge in [-0.15, -0.1) is 0 Å². The summed E-state index contributed by atoms with van der Waals surface area (Å²) in [7, 11) is 0. The van der Waals surface area contributed by atoms with Gasteiger partial charge >= 0.3 is 0 Å². The lowest BCUT2D eigenvalue weighted by atomic mass is 10.2. The predicted molar refractivity (Wildman–Crippen MR) is 64.2 cm³/mol. The van der Waals surface area contributed by atoms with E-state index >= 15 is 0 Å². The second-order valence-corrected chi connectivity index (χ2v) is 4.49. The topological polar surface area (TPSA) is 58.0 Å². The highest BCUT2D eigenvalue weighted by atomic mass is 32.2. The zero-order valence-electron chi connectivity index (χ0n) is 9.27. The van der Waals surface area contributed by atoms with Crippen molar-refractivity contribution in [3.05, 3.63) is 18.0 Å². The van der Waals surface area contributed by atoms with Gasteiger partial charge in [-0.25, -0.2) is 9.97 Å². The van der Waals surface area contributed by atoms with Crippen molar-refractivity contribution < 1.29 is 5.11 Å². The molecule has 4 nitrogen and oxygen atoms in total. The monoisotopic (exact) mass is 227 g/mol. The third-order valence-corrected chi connectivity index (χ3v) is 3.35. The summed E-state index contributed by atoms with van der Waals surface area (Å²) in [6.45, 7) is 4.10. The van der Waals surface area contributed by atoms with Gasteiger partial charge < -0.3 is 10.4 Å². The van der Waals surface area contributed by atoms with Gasteiger partial charge in [0.1, 0.15) is 0 Å². The molecule has 2 N–H and O–H groups in total. The van der Waals surface area contributed by atoms with E-state index in [0.717, 1.165) is 5.69 Å². The molecule has 1 rings (SSSR count). The second-order valence-electron chi connectivity index (χ2n) is 3.41. The summed E-state index contributed by atoms with van der Waals surface area (Å²) >= 11 is 1.63. The number of aliphatic hydroxyl groups excluding tert-OH is 1. The molecule has 15 heavy (non-hydrogen) atoms. The highest BCUT2D eigenvalue weighted by molar-refractivity contribution is 7.99. The molecule has 0 saturated carbocycles. The van der Waals surface area contributed by atoms with Gasteiger partial charge in [-0.2, -0.15) is 11.8 Å². The summed E-state index contributed by atoms with van der Waals surface area (Å²) in [6.07, 6.45) is 3.71. The standard InChI is InChI=1S/C10H17N3OS/c1-7-4-5-11-10(12-7)13-8(2)9(6-14)15-3/h4-5,8-9,14H,6H2,1-3H3,(H,11,12,13). The average Bonchev–Trinajstić information content (AvgIpc) is 2.19. The third-order valence-electron chi connectivity index (χ3n) is 2.19. The summed E-state index contributed by atoms with van der Waals surface area (Å²) in [4.78, 5) is 8.37. The van der Waals surface area contributed by atoms with Crippen molar-refractivity contribution in [2.45, 2.75) is 25.1 Å². The molecule has 0 aliphatic carbocycles. The molecule has 2 atom stereocenters. The molecule has 0 amide bonds. The number of aromatic nitrogens is 2. The van der Waals surface area contributed by atoms with Crippen LogP contribution in [0.4, 0.5) is 5.95 Å². The fraction of sp³-hybridized carbons (Fsp3) is 0.600. The first-order valence-electron chi connectivity index (χ1n) is 4.87. The zero-order chi connectivity index (χ0) is 11.3. The summed E-state index contributed by atoms with van der Waals surface area (Å²) in [5, 5.41) is 12.5. The molecule has 0 spiro atoms. The van der Waals surface area contributed by atoms with Gasteiger partial charge in [0.2, 0.25) is 5.95 Å². The van der Waals surface area contributed by atoms with Crippen LogP contribution in [0.25, 0.3) is 0 Å². The number of nitrogens with zero attached hydrogens (tertiary/aromatic N) is 2. The minimum Gasteiger partial charge on any atom is -0.395 e. The van der Waals surface area contributed by atoms with Crippen LogP contribution >= 0.6 is 11.8 Å². The molecule has 0 radical (unpaired) electrons. The smallest absolute Gasteiger partial charge is 0.223 e. The molecule has 1 heterocycles. The van der Waals surface area contributed by atoms with Crippen molar-refractivity contribution >= 4 is 17.7 Å². The SMILES string of the molecule is CSC(CO)C(C)Nc1nccc(C)n1. The van der Waals surface area contributed by atoms with Crippen LogP contribution < -0.4 is 5.32 Å². The van der Waals surface area contributed by atoms with Crippen LogP contribution in [0.15, 0.2) is 12.3 Å². The molecular weight excluding hydrogens is 210 g/mol. The lowest BCUT2D eigenvalue weighted by Gasteiger charge is -2.21. The fourth-order valence-electron chi connectivity index (χ4n) is 1.25. The number of aliphatic hydroxyl groups is 1. The third kappa shape index (κ3) is 3.68. The van der Waals surface area contributed by atoms with Gasteiger partial charge in [-0.1, -0.05) is 0 Å². The Hall–Kier alpha value is -0.810. The Kier molecular flexibility index (Phi) is 4.84. The Morgan fingerprint density at radius 2 is 2.33 bits per heavy atom. The molecule has 0 fully saturated rings. The maximum absolute atomic E-state index is 9.13. The number of nitrogens with one attached hydrogen (secondary N) is 1. The Morgan fingerprint density at radius 3 is 2.87 bits per heavy atom. The summed E-state index contributed by atoms with van der Waals surface area (Å²) in [5.41, 5.74) is 0.935. The molecule has 1 aromatic heterocycles. The van der Waals surface area contributed by atoms with Crippen molar-refractivity contribution in [1.29, 1.82) is 0 Å². The van der Waals surface area contributed by atoms with E-state index in [1.807, 2.05) is 26.2 Å². The number of thioether (sulfide) groups is 1. The Balaban J connectivity index is 2.61. The van der Waals surface area contributed by atoms with Crippen LogP contribution in [0.3, 0.4) is 0 Å². The molecule has 0 bridgehead atoms. The zero-order valence-corrected chi connectivity index (χ0v) is 10.1. The van der Waals surface area contributed by atoms with E-state index in [1.165, 1.54) is 0 Å². The maximum atomic E-state index is 9.13. The van der Waals surface area contributed by atoms with E-state index in [0.29, 0.717) is 5.95 Å². The van der Waals surface area contributed by atoms with Gasteiger partial charge in [0.25, 0.3) is 0 Å². The van der Waals surface area contributed by atoms with Crippen LogP contribution in [-0.2, 0) is 0 Å². The van der Waals surface area contributed by atoms with Crippen molar-refractivity contribution in [3.63, 3.8) is 0 Å². The molecular formula is C10H17N3OS. The minimum atomic E-state index is 0.145. The quantitative estimate of drug-likeness (QED) is 0.794. The van der Waals surface area contributed by atoms with Crippen molar-refractivity contribution in [2.24, 2.45) is 0 Å². The Bertz CT molecular complexity index is 304. The average molecular weight is 227 g/mol. The Morgan fingerprint density at radius 1 is 1.60 bits per heavy atom. The number of hydrogen-bond donors (Lipinski definition) is 2. The van der Waals surface area contributed by atoms with Crippen molar-refractivity contribution in [2.75, 3.05) is 18.2 Å². The van der Waals surface area contributed by atoms with Gasteiger partial charge in [0.15, 0.2) is 0 Å². The van der Waals surface area contributed by atoms with Gasteiger partial charge in [0.05, 0.1) is 6.61 Å². The molecule has 0 aliphatic heterocycles. The fourth-order valence-corrected chi connectivity index (χ4v) is 1.88. The lowest BCUT2D eigenvalue weighted by molar-refractivity contribution is 0.288. The van der Waals surface area contributed by atoms with Gasteiger partial charge in [0, 0.05) is 23.2 Å². The molecule has 1 aromatic rings. The van der Waals surface area contributed by atoms with Gasteiger partial charge in [-0.3, -0.25) is 0 Å². The lowest BCUT2D eigenvalue weighted by Crippen LogP contribution is -2.31. The summed E-state index contributed by atoms with van der Waals surface area (Å²) in [6, 6.07) is 2.00. The first-order valence-corrected chi connectivity index (χ1v) is 6.16. The van der Waals surface area contributed by atoms with Crippen molar-refractivity contribution in [3.8, 4) is 0 Å². The molecule has 0 aromatic carbocycles. The molecule has 5 heteroatoms. The van der Waals surface area contributed by atoms with E-state index in [9.17, 15) is 0 Å². The van der Waals surface area contributed by atoms with E-state index in [2.05, 4.69) is 15.3 Å². The first kappa shape index (κ1) is 12.3. The van der Waals surface area contributed by atoms with Crippen LogP contribution in [0.1, 0.15) is 12.6 Å². The number of hydrogen-bond acceptors (Lipinski definition) is 5. The van der Waals surface area contributed by atoms with Crippen molar-refractivity contribution in [1.82, 2.24) is 9.97 Å². The normalized spacial score (nSPS) is 14.7. The molecule has 2 unspecified atom stereocenters. The van der Waals surface area contributed by atoms with E-state index < -0.39 is 0 Å². The van der Waals surface area contributed by atoms with Crippen LogP contribution in [0.5, 0.6) is 0 Å². The maximum Gasteiger partial charge on any atom is 0.223 e. The number of rotatable bonds is 5. The van der Waals surface area contributed by atoms with E-state index in [1.54, 1.807) is 18.0 Å². The summed E-state index contributed by atoms with van der Waals surface area (Å²) in [5.74, 6) is 0.620. The molecule has 0 saturated heterocycles. The summed E-state index contributed by atoms with van der Waals surface area (Å²) < 4.78 is 0. The van der Waals surface area contributed by atoms with Gasteiger partial charge in [-0.05, 0) is 26.2 Å². The predicted octanol–water partition coefficient (Wildman–Crippen LogP) is 1.31. The number of anilines is 1. The largest absolute Gasteiger partial charge is 0.395 e. The van der Waals surface area contributed by atoms with E-state index in [-0.39, 0.29) is 17.9 Å². The minimum absolute atomic E-state index is 0.145. The van der Waals surface area contributed by atoms with Crippen LogP contribution in [0, 0.1) is 6.92 Å². The first-order chi connectivity index (χ1) is 7.17. The molecule has 0 aliphatic rings. The highest BCUT2D eigenvalue weighted by Gasteiger charge is 2.15. The second kappa shape index (κ2) is 5.92. The van der Waals surface area contributed by atoms with Crippen LogP contribution in [0.2, 0.25) is 0 Å². The highest BCUT2D eigenvalue weighted by Crippen LogP contribution is 2.13. The van der Waals surface area contributed by atoms with E-state index in [4.69, 9.17) is 5.11 Å². The molecule has 84 valence electrons. The number of aryl methyl sites for hydroxylation is 1.